The first-order valence-electron chi connectivity index (χ1n) is 6.49. The van der Waals surface area contributed by atoms with Crippen molar-refractivity contribution < 1.29 is 0 Å². The van der Waals surface area contributed by atoms with Crippen LogP contribution in [-0.2, 0) is 0 Å². The van der Waals surface area contributed by atoms with Gasteiger partial charge in [0.25, 0.3) is 0 Å². The lowest BCUT2D eigenvalue weighted by atomic mass is 9.79. The third-order valence-electron chi connectivity index (χ3n) is 3.71. The third kappa shape index (κ3) is 4.52. The van der Waals surface area contributed by atoms with Gasteiger partial charge in [0.1, 0.15) is 0 Å². The molecule has 1 aliphatic carbocycles. The van der Waals surface area contributed by atoms with Crippen LogP contribution in [0.2, 0.25) is 0 Å². The topological polar surface area (TPSA) is 15.3 Å². The predicted molar refractivity (Wildman–Crippen MR) is 67.1 cm³/mol. The summed E-state index contributed by atoms with van der Waals surface area (Å²) in [5, 5.41) is 3.75. The highest BCUT2D eigenvalue weighted by molar-refractivity contribution is 4.83. The molecular weight excluding hydrogens is 184 g/mol. The summed E-state index contributed by atoms with van der Waals surface area (Å²) >= 11 is 0. The summed E-state index contributed by atoms with van der Waals surface area (Å²) in [4.78, 5) is 2.26. The second-order valence-corrected chi connectivity index (χ2v) is 5.52. The molecule has 1 saturated carbocycles. The van der Waals surface area contributed by atoms with Gasteiger partial charge in [-0.2, -0.15) is 0 Å². The molecule has 0 bridgehead atoms. The van der Waals surface area contributed by atoms with Crippen molar-refractivity contribution in [3.63, 3.8) is 0 Å². The molecule has 0 radical (unpaired) electrons. The molecule has 0 heterocycles. The van der Waals surface area contributed by atoms with Crippen molar-refractivity contribution >= 4 is 0 Å². The lowest BCUT2D eigenvalue weighted by Gasteiger charge is -2.35. The van der Waals surface area contributed by atoms with E-state index in [0.29, 0.717) is 0 Å². The van der Waals surface area contributed by atoms with Crippen LogP contribution in [0, 0.1) is 11.8 Å². The summed E-state index contributed by atoms with van der Waals surface area (Å²) in [6.45, 7) is 7.18. The van der Waals surface area contributed by atoms with E-state index in [2.05, 4.69) is 38.2 Å². The number of nitrogens with zero attached hydrogens (tertiary/aromatic N) is 1. The second-order valence-electron chi connectivity index (χ2n) is 5.52. The molecule has 0 aromatic carbocycles. The number of hydrogen-bond acceptors (Lipinski definition) is 2. The summed E-state index contributed by atoms with van der Waals surface area (Å²) in [5.41, 5.74) is 0. The molecule has 1 rings (SSSR count). The molecular formula is C13H28N2. The van der Waals surface area contributed by atoms with Crippen LogP contribution < -0.4 is 5.32 Å². The first-order chi connectivity index (χ1) is 7.11. The minimum absolute atomic E-state index is 0.765. The van der Waals surface area contributed by atoms with Gasteiger partial charge in [0.15, 0.2) is 0 Å². The largest absolute Gasteiger partial charge is 0.313 e. The molecule has 0 amide bonds. The Bertz CT molecular complexity index is 158. The number of nitrogens with one attached hydrogen (secondary N) is 1. The van der Waals surface area contributed by atoms with Gasteiger partial charge < -0.3 is 10.2 Å². The molecule has 0 aliphatic heterocycles. The van der Waals surface area contributed by atoms with Crippen LogP contribution in [0.1, 0.15) is 39.5 Å². The Morgan fingerprint density at radius 2 is 1.73 bits per heavy atom. The standard InChI is InChI=1S/C13H28N2/c1-11-7-5-8-12(2)13(11)14-9-6-10-15(3)4/h11-14H,5-10H2,1-4H3. The van der Waals surface area contributed by atoms with Crippen molar-refractivity contribution in [1.29, 1.82) is 0 Å². The van der Waals surface area contributed by atoms with E-state index < -0.39 is 0 Å². The van der Waals surface area contributed by atoms with E-state index in [1.165, 1.54) is 38.8 Å². The Labute approximate surface area is 95.4 Å². The predicted octanol–water partition coefficient (Wildman–Crippen LogP) is 2.35. The van der Waals surface area contributed by atoms with Gasteiger partial charge in [-0.3, -0.25) is 0 Å². The van der Waals surface area contributed by atoms with Crippen molar-refractivity contribution in [3.8, 4) is 0 Å². The molecule has 1 fully saturated rings. The van der Waals surface area contributed by atoms with Crippen LogP contribution in [0.5, 0.6) is 0 Å². The fourth-order valence-electron chi connectivity index (χ4n) is 2.75. The van der Waals surface area contributed by atoms with Crippen LogP contribution in [0.4, 0.5) is 0 Å². The quantitative estimate of drug-likeness (QED) is 0.704. The molecule has 15 heavy (non-hydrogen) atoms. The average Bonchev–Trinajstić information content (AvgIpc) is 2.15. The minimum atomic E-state index is 0.765. The summed E-state index contributed by atoms with van der Waals surface area (Å²) in [5.74, 6) is 1.74. The van der Waals surface area contributed by atoms with Gasteiger partial charge in [0.05, 0.1) is 0 Å². The van der Waals surface area contributed by atoms with Crippen LogP contribution >= 0.6 is 0 Å². The Morgan fingerprint density at radius 1 is 1.13 bits per heavy atom. The maximum absolute atomic E-state index is 3.75. The summed E-state index contributed by atoms with van der Waals surface area (Å²) < 4.78 is 0. The van der Waals surface area contributed by atoms with E-state index in [0.717, 1.165) is 17.9 Å². The van der Waals surface area contributed by atoms with E-state index in [1.807, 2.05) is 0 Å². The molecule has 0 aromatic heterocycles. The monoisotopic (exact) mass is 212 g/mol. The Hall–Kier alpha value is -0.0800. The van der Waals surface area contributed by atoms with Crippen LogP contribution in [0.15, 0.2) is 0 Å². The fraction of sp³-hybridized carbons (Fsp3) is 1.00. The van der Waals surface area contributed by atoms with Gasteiger partial charge in [0, 0.05) is 6.04 Å². The zero-order valence-corrected chi connectivity index (χ0v) is 10.9. The van der Waals surface area contributed by atoms with Gasteiger partial charge in [-0.15, -0.1) is 0 Å². The molecule has 0 saturated heterocycles. The normalized spacial score (nSPS) is 32.2. The first-order valence-corrected chi connectivity index (χ1v) is 6.49. The SMILES string of the molecule is CC1CCCC(C)C1NCCCN(C)C. The zero-order chi connectivity index (χ0) is 11.3. The first kappa shape index (κ1) is 13.0. The average molecular weight is 212 g/mol. The van der Waals surface area contributed by atoms with Crippen LogP contribution in [-0.4, -0.2) is 38.1 Å². The molecule has 0 aromatic rings. The lowest BCUT2D eigenvalue weighted by molar-refractivity contribution is 0.207. The number of rotatable bonds is 5. The van der Waals surface area contributed by atoms with Crippen LogP contribution in [0.3, 0.4) is 0 Å². The molecule has 2 unspecified atom stereocenters. The molecule has 90 valence electrons. The van der Waals surface area contributed by atoms with E-state index in [4.69, 9.17) is 0 Å². The van der Waals surface area contributed by atoms with E-state index in [-0.39, 0.29) is 0 Å². The van der Waals surface area contributed by atoms with Gasteiger partial charge in [-0.25, -0.2) is 0 Å². The van der Waals surface area contributed by atoms with E-state index in [1.54, 1.807) is 0 Å². The Kier molecular flexibility index (Phi) is 5.62. The summed E-state index contributed by atoms with van der Waals surface area (Å²) in [7, 11) is 4.29. The molecule has 1 aliphatic rings. The van der Waals surface area contributed by atoms with Crippen molar-refractivity contribution in [2.45, 2.75) is 45.6 Å². The van der Waals surface area contributed by atoms with Crippen molar-refractivity contribution in [2.24, 2.45) is 11.8 Å². The highest BCUT2D eigenvalue weighted by Gasteiger charge is 2.26. The van der Waals surface area contributed by atoms with Gasteiger partial charge >= 0.3 is 0 Å². The van der Waals surface area contributed by atoms with Gasteiger partial charge in [-0.05, 0) is 58.3 Å². The van der Waals surface area contributed by atoms with Crippen molar-refractivity contribution in [1.82, 2.24) is 10.2 Å². The van der Waals surface area contributed by atoms with Gasteiger partial charge in [-0.1, -0.05) is 20.3 Å². The molecule has 2 heteroatoms. The number of hydrogen-bond donors (Lipinski definition) is 1. The maximum atomic E-state index is 3.75. The highest BCUT2D eigenvalue weighted by Crippen LogP contribution is 2.28. The second kappa shape index (κ2) is 6.49. The maximum Gasteiger partial charge on any atom is 0.0118 e. The zero-order valence-electron chi connectivity index (χ0n) is 10.9. The fourth-order valence-corrected chi connectivity index (χ4v) is 2.75. The van der Waals surface area contributed by atoms with Crippen molar-refractivity contribution in [3.05, 3.63) is 0 Å². The minimum Gasteiger partial charge on any atom is -0.313 e. The Balaban J connectivity index is 2.17. The van der Waals surface area contributed by atoms with Crippen molar-refractivity contribution in [2.75, 3.05) is 27.2 Å². The lowest BCUT2D eigenvalue weighted by Crippen LogP contribution is -2.43. The Morgan fingerprint density at radius 3 is 2.27 bits per heavy atom. The molecule has 2 atom stereocenters. The third-order valence-corrected chi connectivity index (χ3v) is 3.71. The smallest absolute Gasteiger partial charge is 0.0118 e. The summed E-state index contributed by atoms with van der Waals surface area (Å²) in [6, 6.07) is 0.765. The summed E-state index contributed by atoms with van der Waals surface area (Å²) in [6.07, 6.45) is 5.52. The molecule has 1 N–H and O–H groups in total. The molecule has 2 nitrogen and oxygen atoms in total. The van der Waals surface area contributed by atoms with E-state index in [9.17, 15) is 0 Å². The highest BCUT2D eigenvalue weighted by atomic mass is 15.1. The van der Waals surface area contributed by atoms with Gasteiger partial charge in [0.2, 0.25) is 0 Å². The van der Waals surface area contributed by atoms with E-state index >= 15 is 0 Å². The molecule has 0 spiro atoms. The van der Waals surface area contributed by atoms with Crippen LogP contribution in [0.25, 0.3) is 0 Å².